The topological polar surface area (TPSA) is 40.2 Å². The Labute approximate surface area is 120 Å². The molecule has 1 saturated heterocycles. The molecular weight excluding hydrogens is 256 g/mol. The quantitative estimate of drug-likeness (QED) is 0.374. The summed E-state index contributed by atoms with van der Waals surface area (Å²) in [5.74, 6) is 0. The minimum Gasteiger partial charge on any atom is -0.376 e. The van der Waals surface area contributed by atoms with Crippen LogP contribution >= 0.6 is 0 Å². The second-order valence-electron chi connectivity index (χ2n) is 4.62. The third kappa shape index (κ3) is 6.82. The lowest BCUT2D eigenvalue weighted by atomic mass is 10.2. The summed E-state index contributed by atoms with van der Waals surface area (Å²) in [6.07, 6.45) is 4.10. The number of epoxide rings is 1. The maximum absolute atomic E-state index is 5.51. The van der Waals surface area contributed by atoms with Crippen LogP contribution in [-0.2, 0) is 18.9 Å². The molecule has 0 N–H and O–H groups in total. The van der Waals surface area contributed by atoms with Crippen molar-refractivity contribution in [2.75, 3.05) is 33.0 Å². The van der Waals surface area contributed by atoms with Crippen LogP contribution in [0, 0.1) is 0 Å². The van der Waals surface area contributed by atoms with Crippen LogP contribution in [0.3, 0.4) is 0 Å². The fraction of sp³-hybridized carbons (Fsp3) is 0.500. The van der Waals surface area contributed by atoms with Gasteiger partial charge in [0, 0.05) is 0 Å². The predicted octanol–water partition coefficient (Wildman–Crippen LogP) is 2.49. The molecule has 0 amide bonds. The Morgan fingerprint density at radius 2 is 2.05 bits per heavy atom. The first kappa shape index (κ1) is 15.2. The van der Waals surface area contributed by atoms with E-state index < -0.39 is 0 Å². The zero-order chi connectivity index (χ0) is 14.0. The highest BCUT2D eigenvalue weighted by Gasteiger charge is 2.21. The van der Waals surface area contributed by atoms with Crippen LogP contribution in [0.2, 0.25) is 0 Å². The highest BCUT2D eigenvalue weighted by Crippen LogP contribution is 2.08. The molecule has 4 heteroatoms. The zero-order valence-corrected chi connectivity index (χ0v) is 11.9. The van der Waals surface area contributed by atoms with E-state index in [0.29, 0.717) is 32.5 Å². The van der Waals surface area contributed by atoms with Gasteiger partial charge in [0.2, 0.25) is 0 Å². The summed E-state index contributed by atoms with van der Waals surface area (Å²) in [6.45, 7) is 5.03. The van der Waals surface area contributed by atoms with Gasteiger partial charge in [0.05, 0.1) is 33.0 Å². The molecule has 0 aromatic heterocycles. The maximum Gasteiger partial charge on any atom is 0.155 e. The largest absolute Gasteiger partial charge is 0.376 e. The summed E-state index contributed by atoms with van der Waals surface area (Å²) in [4.78, 5) is 0. The van der Waals surface area contributed by atoms with Gasteiger partial charge in [0.1, 0.15) is 6.10 Å². The number of hydrogen-bond donors (Lipinski definition) is 0. The van der Waals surface area contributed by atoms with Crippen LogP contribution in [0.1, 0.15) is 12.5 Å². The average molecular weight is 278 g/mol. The van der Waals surface area contributed by atoms with Crippen LogP contribution in [-0.4, -0.2) is 45.4 Å². The summed E-state index contributed by atoms with van der Waals surface area (Å²) >= 11 is 0. The highest BCUT2D eigenvalue weighted by molar-refractivity contribution is 5.48. The molecule has 1 fully saturated rings. The van der Waals surface area contributed by atoms with Gasteiger partial charge in [-0.1, -0.05) is 42.5 Å². The lowest BCUT2D eigenvalue weighted by Crippen LogP contribution is -2.17. The first-order valence-electron chi connectivity index (χ1n) is 6.99. The summed E-state index contributed by atoms with van der Waals surface area (Å²) in [5.41, 5.74) is 1.17. The maximum atomic E-state index is 5.51. The van der Waals surface area contributed by atoms with Gasteiger partial charge in [-0.15, -0.1) is 0 Å². The Morgan fingerprint density at radius 1 is 1.25 bits per heavy atom. The SMILES string of the molecule is CC(OC/C=C/c1ccccc1)OCCOCC1CO1. The standard InChI is InChI=1S/C16H22O4/c1-14(19-11-10-17-12-16-13-20-16)18-9-5-8-15-6-3-2-4-7-15/h2-8,14,16H,9-13H2,1H3/b8-5+. The van der Waals surface area contributed by atoms with Crippen molar-refractivity contribution in [3.05, 3.63) is 42.0 Å². The summed E-state index contributed by atoms with van der Waals surface area (Å²) in [7, 11) is 0. The Balaban J connectivity index is 1.46. The van der Waals surface area contributed by atoms with Crippen molar-refractivity contribution in [3.63, 3.8) is 0 Å². The number of hydrogen-bond acceptors (Lipinski definition) is 4. The van der Waals surface area contributed by atoms with E-state index in [9.17, 15) is 0 Å². The van der Waals surface area contributed by atoms with Crippen molar-refractivity contribution >= 4 is 6.08 Å². The summed E-state index contributed by atoms with van der Waals surface area (Å²) in [5, 5.41) is 0. The van der Waals surface area contributed by atoms with Gasteiger partial charge in [-0.2, -0.15) is 0 Å². The van der Waals surface area contributed by atoms with E-state index in [4.69, 9.17) is 18.9 Å². The average Bonchev–Trinajstić information content (AvgIpc) is 3.29. The van der Waals surface area contributed by atoms with Gasteiger partial charge < -0.3 is 18.9 Å². The molecule has 4 nitrogen and oxygen atoms in total. The predicted molar refractivity (Wildman–Crippen MR) is 77.4 cm³/mol. The lowest BCUT2D eigenvalue weighted by Gasteiger charge is -2.12. The number of ether oxygens (including phenoxy) is 4. The van der Waals surface area contributed by atoms with Gasteiger partial charge >= 0.3 is 0 Å². The molecule has 110 valence electrons. The van der Waals surface area contributed by atoms with E-state index in [0.717, 1.165) is 6.61 Å². The molecule has 1 aromatic rings. The van der Waals surface area contributed by atoms with E-state index in [2.05, 4.69) is 12.1 Å². The molecule has 0 radical (unpaired) electrons. The third-order valence-electron chi connectivity index (χ3n) is 2.82. The van der Waals surface area contributed by atoms with Crippen molar-refractivity contribution in [2.24, 2.45) is 0 Å². The molecule has 1 aliphatic rings. The van der Waals surface area contributed by atoms with Gasteiger partial charge in [-0.25, -0.2) is 0 Å². The third-order valence-corrected chi connectivity index (χ3v) is 2.82. The fourth-order valence-electron chi connectivity index (χ4n) is 1.64. The highest BCUT2D eigenvalue weighted by atomic mass is 16.7. The van der Waals surface area contributed by atoms with E-state index >= 15 is 0 Å². The molecule has 0 spiro atoms. The second kappa shape index (κ2) is 8.87. The Kier molecular flexibility index (Phi) is 6.74. The molecule has 1 aliphatic heterocycles. The van der Waals surface area contributed by atoms with E-state index in [1.54, 1.807) is 0 Å². The van der Waals surface area contributed by atoms with E-state index in [1.165, 1.54) is 5.56 Å². The summed E-state index contributed by atoms with van der Waals surface area (Å²) < 4.78 is 21.4. The van der Waals surface area contributed by atoms with E-state index in [-0.39, 0.29) is 6.29 Å². The Morgan fingerprint density at radius 3 is 2.80 bits per heavy atom. The van der Waals surface area contributed by atoms with Crippen molar-refractivity contribution < 1.29 is 18.9 Å². The molecule has 1 aromatic carbocycles. The molecule has 2 rings (SSSR count). The van der Waals surface area contributed by atoms with Gasteiger partial charge in [-0.05, 0) is 12.5 Å². The molecule has 0 bridgehead atoms. The van der Waals surface area contributed by atoms with Crippen molar-refractivity contribution in [1.82, 2.24) is 0 Å². The minimum absolute atomic E-state index is 0.226. The molecule has 0 saturated carbocycles. The van der Waals surface area contributed by atoms with Crippen LogP contribution in [0.15, 0.2) is 36.4 Å². The van der Waals surface area contributed by atoms with Crippen LogP contribution in [0.4, 0.5) is 0 Å². The van der Waals surface area contributed by atoms with Crippen LogP contribution < -0.4 is 0 Å². The lowest BCUT2D eigenvalue weighted by molar-refractivity contribution is -0.132. The van der Waals surface area contributed by atoms with Crippen LogP contribution in [0.5, 0.6) is 0 Å². The van der Waals surface area contributed by atoms with Gasteiger partial charge in [0.15, 0.2) is 6.29 Å². The van der Waals surface area contributed by atoms with Crippen LogP contribution in [0.25, 0.3) is 6.08 Å². The van der Waals surface area contributed by atoms with Gasteiger partial charge in [0.25, 0.3) is 0 Å². The van der Waals surface area contributed by atoms with Crippen molar-refractivity contribution in [3.8, 4) is 0 Å². The minimum atomic E-state index is -0.226. The Hall–Kier alpha value is -1.20. The first-order valence-corrected chi connectivity index (χ1v) is 6.99. The van der Waals surface area contributed by atoms with Gasteiger partial charge in [-0.3, -0.25) is 0 Å². The molecule has 1 heterocycles. The smallest absolute Gasteiger partial charge is 0.155 e. The second-order valence-corrected chi connectivity index (χ2v) is 4.62. The molecular formula is C16H22O4. The van der Waals surface area contributed by atoms with E-state index in [1.807, 2.05) is 37.3 Å². The normalized spacial score (nSPS) is 19.4. The molecule has 0 aliphatic carbocycles. The van der Waals surface area contributed by atoms with Crippen molar-refractivity contribution in [2.45, 2.75) is 19.3 Å². The monoisotopic (exact) mass is 278 g/mol. The first-order chi connectivity index (χ1) is 9.84. The zero-order valence-electron chi connectivity index (χ0n) is 11.9. The fourth-order valence-corrected chi connectivity index (χ4v) is 1.64. The number of benzene rings is 1. The molecule has 20 heavy (non-hydrogen) atoms. The molecule has 2 atom stereocenters. The Bertz CT molecular complexity index is 387. The van der Waals surface area contributed by atoms with Crippen molar-refractivity contribution in [1.29, 1.82) is 0 Å². The number of rotatable bonds is 10. The summed E-state index contributed by atoms with van der Waals surface area (Å²) in [6, 6.07) is 10.1. The molecule has 2 unspecified atom stereocenters.